The average Bonchev–Trinajstić information content (AvgIpc) is 2.00. The Morgan fingerprint density at radius 1 is 1.57 bits per heavy atom. The second-order valence-corrected chi connectivity index (χ2v) is 4.33. The number of carbonyl (C=O) groups is 1. The van der Waals surface area contributed by atoms with Crippen molar-refractivity contribution in [2.75, 3.05) is 13.6 Å². The SMILES string of the molecule is C#CCN(C)C(C)C(=O)OC(C)(C)C. The van der Waals surface area contributed by atoms with Crippen molar-refractivity contribution in [2.24, 2.45) is 0 Å². The van der Waals surface area contributed by atoms with Crippen LogP contribution in [0, 0.1) is 12.3 Å². The maximum absolute atomic E-state index is 11.5. The molecule has 0 aliphatic heterocycles. The van der Waals surface area contributed by atoms with Gasteiger partial charge in [0.2, 0.25) is 0 Å². The second-order valence-electron chi connectivity index (χ2n) is 4.33. The van der Waals surface area contributed by atoms with Crippen LogP contribution in [0.1, 0.15) is 27.7 Å². The van der Waals surface area contributed by atoms with Crippen molar-refractivity contribution in [3.8, 4) is 12.3 Å². The van der Waals surface area contributed by atoms with E-state index in [1.165, 1.54) is 0 Å². The summed E-state index contributed by atoms with van der Waals surface area (Å²) in [5, 5.41) is 0. The molecule has 0 heterocycles. The number of carbonyl (C=O) groups excluding carboxylic acids is 1. The lowest BCUT2D eigenvalue weighted by Gasteiger charge is -2.26. The van der Waals surface area contributed by atoms with E-state index in [4.69, 9.17) is 11.2 Å². The Bertz CT molecular complexity index is 235. The van der Waals surface area contributed by atoms with E-state index in [-0.39, 0.29) is 12.0 Å². The molecular weight excluding hydrogens is 178 g/mol. The molecule has 0 bridgehead atoms. The molecule has 0 saturated heterocycles. The fraction of sp³-hybridized carbons (Fsp3) is 0.727. The van der Waals surface area contributed by atoms with E-state index in [0.717, 1.165) is 0 Å². The Morgan fingerprint density at radius 3 is 2.43 bits per heavy atom. The predicted molar refractivity (Wildman–Crippen MR) is 56.8 cm³/mol. The Labute approximate surface area is 86.4 Å². The van der Waals surface area contributed by atoms with Crippen molar-refractivity contribution in [3.63, 3.8) is 0 Å². The summed E-state index contributed by atoms with van der Waals surface area (Å²) >= 11 is 0. The van der Waals surface area contributed by atoms with Gasteiger partial charge < -0.3 is 4.74 Å². The number of hydrogen-bond acceptors (Lipinski definition) is 3. The number of nitrogens with zero attached hydrogens (tertiary/aromatic N) is 1. The van der Waals surface area contributed by atoms with Gasteiger partial charge in [-0.3, -0.25) is 9.69 Å². The van der Waals surface area contributed by atoms with Gasteiger partial charge in [-0.2, -0.15) is 0 Å². The van der Waals surface area contributed by atoms with Gasteiger partial charge in [-0.1, -0.05) is 5.92 Å². The Hall–Kier alpha value is -1.01. The van der Waals surface area contributed by atoms with Crippen molar-refractivity contribution < 1.29 is 9.53 Å². The standard InChI is InChI=1S/C11H19NO2/c1-7-8-12(6)9(2)10(13)14-11(3,4)5/h1,9H,8H2,2-6H3. The molecule has 0 saturated carbocycles. The third-order valence-electron chi connectivity index (χ3n) is 1.75. The smallest absolute Gasteiger partial charge is 0.323 e. The second kappa shape index (κ2) is 5.02. The highest BCUT2D eigenvalue weighted by Gasteiger charge is 2.23. The maximum Gasteiger partial charge on any atom is 0.323 e. The summed E-state index contributed by atoms with van der Waals surface area (Å²) in [7, 11) is 1.80. The molecule has 0 amide bonds. The van der Waals surface area contributed by atoms with Crippen molar-refractivity contribution in [1.82, 2.24) is 4.90 Å². The molecule has 0 spiro atoms. The zero-order valence-corrected chi connectivity index (χ0v) is 9.63. The first-order chi connectivity index (χ1) is 6.28. The van der Waals surface area contributed by atoms with Crippen LogP contribution in [-0.4, -0.2) is 36.1 Å². The van der Waals surface area contributed by atoms with Crippen LogP contribution in [0.4, 0.5) is 0 Å². The Balaban J connectivity index is 4.20. The summed E-state index contributed by atoms with van der Waals surface area (Å²) in [4.78, 5) is 13.3. The minimum atomic E-state index is -0.442. The molecule has 0 radical (unpaired) electrons. The largest absolute Gasteiger partial charge is 0.459 e. The zero-order valence-electron chi connectivity index (χ0n) is 9.63. The number of hydrogen-bond donors (Lipinski definition) is 0. The zero-order chi connectivity index (χ0) is 11.4. The van der Waals surface area contributed by atoms with Crippen molar-refractivity contribution in [1.29, 1.82) is 0 Å². The van der Waals surface area contributed by atoms with Crippen LogP contribution in [0.2, 0.25) is 0 Å². The quantitative estimate of drug-likeness (QED) is 0.504. The fourth-order valence-corrected chi connectivity index (χ4v) is 0.848. The van der Waals surface area contributed by atoms with Crippen molar-refractivity contribution in [2.45, 2.75) is 39.3 Å². The average molecular weight is 197 g/mol. The van der Waals surface area contributed by atoms with E-state index < -0.39 is 5.60 Å². The monoisotopic (exact) mass is 197 g/mol. The summed E-state index contributed by atoms with van der Waals surface area (Å²) in [6.45, 7) is 7.77. The van der Waals surface area contributed by atoms with Gasteiger partial charge >= 0.3 is 5.97 Å². The number of likely N-dealkylation sites (N-methyl/N-ethyl adjacent to an activating group) is 1. The van der Waals surface area contributed by atoms with E-state index in [2.05, 4.69) is 5.92 Å². The maximum atomic E-state index is 11.5. The van der Waals surface area contributed by atoms with Gasteiger partial charge in [-0.15, -0.1) is 6.42 Å². The third kappa shape index (κ3) is 4.88. The summed E-state index contributed by atoms with van der Waals surface area (Å²) in [6, 6.07) is -0.301. The molecule has 3 nitrogen and oxygen atoms in total. The molecule has 0 aromatic heterocycles. The predicted octanol–water partition coefficient (Wildman–Crippen LogP) is 1.28. The van der Waals surface area contributed by atoms with Crippen LogP contribution in [-0.2, 0) is 9.53 Å². The van der Waals surface area contributed by atoms with Gasteiger partial charge in [0.15, 0.2) is 0 Å². The van der Waals surface area contributed by atoms with E-state index >= 15 is 0 Å². The first kappa shape index (κ1) is 13.0. The molecule has 3 heteroatoms. The molecule has 1 unspecified atom stereocenters. The van der Waals surface area contributed by atoms with Crippen LogP contribution in [0.5, 0.6) is 0 Å². The highest BCUT2D eigenvalue weighted by atomic mass is 16.6. The number of ether oxygens (including phenoxy) is 1. The van der Waals surface area contributed by atoms with Gasteiger partial charge in [0.1, 0.15) is 11.6 Å². The van der Waals surface area contributed by atoms with E-state index in [9.17, 15) is 4.79 Å². The summed E-state index contributed by atoms with van der Waals surface area (Å²) in [6.07, 6.45) is 5.15. The van der Waals surface area contributed by atoms with Crippen LogP contribution in [0.25, 0.3) is 0 Å². The topological polar surface area (TPSA) is 29.5 Å². The minimum Gasteiger partial charge on any atom is -0.459 e. The lowest BCUT2D eigenvalue weighted by Crippen LogP contribution is -2.40. The highest BCUT2D eigenvalue weighted by molar-refractivity contribution is 5.75. The molecule has 1 atom stereocenters. The van der Waals surface area contributed by atoms with E-state index in [1.54, 1.807) is 18.9 Å². The molecule has 80 valence electrons. The third-order valence-corrected chi connectivity index (χ3v) is 1.75. The first-order valence-electron chi connectivity index (χ1n) is 4.64. The Kier molecular flexibility index (Phi) is 4.65. The van der Waals surface area contributed by atoms with Crippen molar-refractivity contribution in [3.05, 3.63) is 0 Å². The summed E-state index contributed by atoms with van der Waals surface area (Å²) in [5.41, 5.74) is -0.442. The van der Waals surface area contributed by atoms with E-state index in [1.807, 2.05) is 20.8 Å². The van der Waals surface area contributed by atoms with Gasteiger partial charge in [0, 0.05) is 0 Å². The van der Waals surface area contributed by atoms with Crippen molar-refractivity contribution >= 4 is 5.97 Å². The molecule has 0 aliphatic carbocycles. The van der Waals surface area contributed by atoms with Gasteiger partial charge in [0.25, 0.3) is 0 Å². The van der Waals surface area contributed by atoms with Gasteiger partial charge in [-0.25, -0.2) is 0 Å². The summed E-state index contributed by atoms with van der Waals surface area (Å²) in [5.74, 6) is 2.24. The van der Waals surface area contributed by atoms with Crippen LogP contribution >= 0.6 is 0 Å². The number of rotatable bonds is 3. The molecule has 14 heavy (non-hydrogen) atoms. The first-order valence-corrected chi connectivity index (χ1v) is 4.64. The van der Waals surface area contributed by atoms with Crippen LogP contribution in [0.15, 0.2) is 0 Å². The normalized spacial score (nSPS) is 13.5. The van der Waals surface area contributed by atoms with Gasteiger partial charge in [-0.05, 0) is 34.7 Å². The van der Waals surface area contributed by atoms with Crippen LogP contribution in [0.3, 0.4) is 0 Å². The number of terminal acetylenes is 1. The van der Waals surface area contributed by atoms with Gasteiger partial charge in [0.05, 0.1) is 6.54 Å². The molecule has 0 aromatic carbocycles. The number of esters is 1. The summed E-state index contributed by atoms with van der Waals surface area (Å²) < 4.78 is 5.22. The Morgan fingerprint density at radius 2 is 2.07 bits per heavy atom. The van der Waals surface area contributed by atoms with Crippen LogP contribution < -0.4 is 0 Å². The molecule has 0 aliphatic rings. The lowest BCUT2D eigenvalue weighted by atomic mass is 10.2. The minimum absolute atomic E-state index is 0.241. The molecular formula is C11H19NO2. The molecule has 0 fully saturated rings. The molecule has 0 rings (SSSR count). The lowest BCUT2D eigenvalue weighted by molar-refractivity contribution is -0.160. The highest BCUT2D eigenvalue weighted by Crippen LogP contribution is 2.10. The van der Waals surface area contributed by atoms with E-state index in [0.29, 0.717) is 6.54 Å². The molecule has 0 N–H and O–H groups in total. The fourth-order valence-electron chi connectivity index (χ4n) is 0.848. The molecule has 0 aromatic rings.